The number of esters is 1. The Kier molecular flexibility index (Phi) is 7.11. The molecule has 0 aliphatic heterocycles. The fourth-order valence-corrected chi connectivity index (χ4v) is 2.16. The number of carbonyl (C=O) groups excluding carboxylic acids is 2. The van der Waals surface area contributed by atoms with Gasteiger partial charge in [0.25, 0.3) is 5.91 Å². The van der Waals surface area contributed by atoms with E-state index in [2.05, 4.69) is 10.1 Å². The van der Waals surface area contributed by atoms with Gasteiger partial charge in [0, 0.05) is 0 Å². The zero-order valence-electron chi connectivity index (χ0n) is 15.2. The van der Waals surface area contributed by atoms with Gasteiger partial charge in [-0.15, -0.1) is 0 Å². The van der Waals surface area contributed by atoms with Crippen LogP contribution in [0.2, 0.25) is 0 Å². The Morgan fingerprint density at radius 3 is 2.57 bits per heavy atom. The van der Waals surface area contributed by atoms with Crippen molar-refractivity contribution in [3.05, 3.63) is 59.4 Å². The molecule has 2 rings (SSSR count). The van der Waals surface area contributed by atoms with Crippen molar-refractivity contribution in [1.82, 2.24) is 0 Å². The van der Waals surface area contributed by atoms with Crippen LogP contribution in [0.15, 0.2) is 48.0 Å². The number of amides is 1. The van der Waals surface area contributed by atoms with Crippen LogP contribution in [0.3, 0.4) is 0 Å². The Bertz CT molecular complexity index is 950. The third-order valence-corrected chi connectivity index (χ3v) is 3.56. The molecule has 0 aromatic heterocycles. The zero-order valence-corrected chi connectivity index (χ0v) is 15.2. The molecule has 0 atom stereocenters. The van der Waals surface area contributed by atoms with Crippen molar-refractivity contribution < 1.29 is 28.2 Å². The highest BCUT2D eigenvalue weighted by atomic mass is 19.1. The summed E-state index contributed by atoms with van der Waals surface area (Å²) in [7, 11) is 2.65. The second-order valence-electron chi connectivity index (χ2n) is 5.38. The summed E-state index contributed by atoms with van der Waals surface area (Å²) in [5, 5.41) is 11.6. The van der Waals surface area contributed by atoms with Crippen molar-refractivity contribution in [1.29, 1.82) is 5.26 Å². The number of benzene rings is 2. The number of nitriles is 1. The number of ether oxygens (including phenoxy) is 3. The Morgan fingerprint density at radius 2 is 1.93 bits per heavy atom. The molecule has 0 unspecified atom stereocenters. The first-order valence-corrected chi connectivity index (χ1v) is 8.03. The Morgan fingerprint density at radius 1 is 1.18 bits per heavy atom. The minimum atomic E-state index is -0.752. The number of nitrogens with one attached hydrogen (secondary N) is 1. The predicted octanol–water partition coefficient (Wildman–Crippen LogP) is 2.93. The zero-order chi connectivity index (χ0) is 20.5. The average molecular weight is 384 g/mol. The first-order valence-electron chi connectivity index (χ1n) is 8.03. The minimum absolute atomic E-state index is 0.0298. The summed E-state index contributed by atoms with van der Waals surface area (Å²) in [6.07, 6.45) is 1.32. The van der Waals surface area contributed by atoms with Crippen molar-refractivity contribution in [2.75, 3.05) is 26.1 Å². The third-order valence-electron chi connectivity index (χ3n) is 3.56. The van der Waals surface area contributed by atoms with E-state index in [1.807, 2.05) is 0 Å². The molecule has 28 heavy (non-hydrogen) atoms. The molecule has 0 heterocycles. The van der Waals surface area contributed by atoms with Crippen LogP contribution in [0.1, 0.15) is 5.56 Å². The number of anilines is 1. The van der Waals surface area contributed by atoms with E-state index in [0.29, 0.717) is 17.1 Å². The smallest absolute Gasteiger partial charge is 0.343 e. The van der Waals surface area contributed by atoms with E-state index >= 15 is 0 Å². The van der Waals surface area contributed by atoms with Crippen LogP contribution in [0, 0.1) is 17.1 Å². The topological polar surface area (TPSA) is 97.7 Å². The minimum Gasteiger partial charge on any atom is -0.493 e. The van der Waals surface area contributed by atoms with Crippen LogP contribution in [-0.2, 0) is 14.3 Å². The molecule has 2 aromatic rings. The molecule has 0 saturated carbocycles. The number of nitrogens with zero attached hydrogens (tertiary/aromatic N) is 1. The third kappa shape index (κ3) is 5.32. The number of rotatable bonds is 7. The normalized spacial score (nSPS) is 10.6. The maximum atomic E-state index is 13.7. The summed E-state index contributed by atoms with van der Waals surface area (Å²) in [6.45, 7) is -0.295. The summed E-state index contributed by atoms with van der Waals surface area (Å²) >= 11 is 0. The van der Waals surface area contributed by atoms with Crippen molar-refractivity contribution in [2.24, 2.45) is 0 Å². The Labute approximate surface area is 160 Å². The first-order chi connectivity index (χ1) is 13.5. The van der Waals surface area contributed by atoms with Gasteiger partial charge in [0.1, 0.15) is 17.5 Å². The highest BCUT2D eigenvalue weighted by Gasteiger charge is 2.13. The molecule has 0 spiro atoms. The molecule has 0 fully saturated rings. The quantitative estimate of drug-likeness (QED) is 0.448. The standard InChI is InChI=1S/C20H17FN2O5/c1-26-18-10-13(7-8-17(18)28-12-19(24)27-2)9-14(11-22)20(25)23-16-6-4-3-5-15(16)21/h3-10H,12H2,1-2H3,(H,23,25)/b14-9-. The fourth-order valence-electron chi connectivity index (χ4n) is 2.16. The van der Waals surface area contributed by atoms with Gasteiger partial charge in [-0.1, -0.05) is 18.2 Å². The lowest BCUT2D eigenvalue weighted by Crippen LogP contribution is -2.14. The van der Waals surface area contributed by atoms with Gasteiger partial charge in [0.15, 0.2) is 18.1 Å². The molecule has 7 nitrogen and oxygen atoms in total. The number of para-hydroxylation sites is 1. The van der Waals surface area contributed by atoms with Gasteiger partial charge in [-0.25, -0.2) is 9.18 Å². The van der Waals surface area contributed by atoms with Gasteiger partial charge in [-0.3, -0.25) is 4.79 Å². The summed E-state index contributed by atoms with van der Waals surface area (Å²) in [5.41, 5.74) is 0.217. The average Bonchev–Trinajstić information content (AvgIpc) is 2.71. The maximum Gasteiger partial charge on any atom is 0.343 e. The molecule has 2 aromatic carbocycles. The largest absolute Gasteiger partial charge is 0.493 e. The number of hydrogen-bond donors (Lipinski definition) is 1. The lowest BCUT2D eigenvalue weighted by Gasteiger charge is -2.10. The SMILES string of the molecule is COC(=O)COc1ccc(/C=C(/C#N)C(=O)Nc2ccccc2F)cc1OC. The van der Waals surface area contributed by atoms with E-state index in [0.717, 1.165) is 0 Å². The van der Waals surface area contributed by atoms with E-state index in [-0.39, 0.29) is 17.9 Å². The lowest BCUT2D eigenvalue weighted by atomic mass is 10.1. The van der Waals surface area contributed by atoms with Crippen LogP contribution in [0.5, 0.6) is 11.5 Å². The lowest BCUT2D eigenvalue weighted by molar-refractivity contribution is -0.142. The summed E-state index contributed by atoms with van der Waals surface area (Å²) in [4.78, 5) is 23.4. The molecule has 0 aliphatic rings. The molecule has 0 aliphatic carbocycles. The first kappa shape index (κ1) is 20.5. The number of carbonyl (C=O) groups is 2. The number of hydrogen-bond acceptors (Lipinski definition) is 6. The predicted molar refractivity (Wildman–Crippen MR) is 99.1 cm³/mol. The molecule has 0 saturated heterocycles. The molecule has 144 valence electrons. The van der Waals surface area contributed by atoms with Crippen molar-refractivity contribution in [3.8, 4) is 17.6 Å². The van der Waals surface area contributed by atoms with Crippen molar-refractivity contribution in [3.63, 3.8) is 0 Å². The van der Waals surface area contributed by atoms with Gasteiger partial charge in [0.05, 0.1) is 19.9 Å². The van der Waals surface area contributed by atoms with Crippen LogP contribution >= 0.6 is 0 Å². The second-order valence-corrected chi connectivity index (χ2v) is 5.38. The summed E-state index contributed by atoms with van der Waals surface area (Å²) in [5.74, 6) is -1.33. The molecule has 1 amide bonds. The van der Waals surface area contributed by atoms with E-state index in [9.17, 15) is 19.2 Å². The van der Waals surface area contributed by atoms with Crippen LogP contribution < -0.4 is 14.8 Å². The molecule has 0 radical (unpaired) electrons. The molecule has 8 heteroatoms. The van der Waals surface area contributed by atoms with Crippen LogP contribution in [-0.4, -0.2) is 32.7 Å². The van der Waals surface area contributed by atoms with Gasteiger partial charge in [-0.05, 0) is 35.9 Å². The van der Waals surface area contributed by atoms with Gasteiger partial charge in [0.2, 0.25) is 0 Å². The summed E-state index contributed by atoms with van der Waals surface area (Å²) in [6, 6.07) is 12.0. The van der Waals surface area contributed by atoms with Crippen molar-refractivity contribution in [2.45, 2.75) is 0 Å². The Hall–Kier alpha value is -3.86. The van der Waals surface area contributed by atoms with Gasteiger partial charge in [-0.2, -0.15) is 5.26 Å². The molecular weight excluding hydrogens is 367 g/mol. The van der Waals surface area contributed by atoms with E-state index in [1.54, 1.807) is 18.2 Å². The highest BCUT2D eigenvalue weighted by Crippen LogP contribution is 2.29. The van der Waals surface area contributed by atoms with Gasteiger partial charge < -0.3 is 19.5 Å². The van der Waals surface area contributed by atoms with Crippen molar-refractivity contribution >= 4 is 23.6 Å². The molecule has 0 bridgehead atoms. The molecular formula is C20H17FN2O5. The second kappa shape index (κ2) is 9.73. The van der Waals surface area contributed by atoms with E-state index in [1.165, 1.54) is 50.6 Å². The fraction of sp³-hybridized carbons (Fsp3) is 0.150. The Balaban J connectivity index is 2.21. The molecule has 1 N–H and O–H groups in total. The highest BCUT2D eigenvalue weighted by molar-refractivity contribution is 6.09. The van der Waals surface area contributed by atoms with E-state index < -0.39 is 17.7 Å². The van der Waals surface area contributed by atoms with Crippen LogP contribution in [0.25, 0.3) is 6.08 Å². The van der Waals surface area contributed by atoms with Crippen LogP contribution in [0.4, 0.5) is 10.1 Å². The van der Waals surface area contributed by atoms with E-state index in [4.69, 9.17) is 9.47 Å². The number of methoxy groups -OCH3 is 2. The monoisotopic (exact) mass is 384 g/mol. The maximum absolute atomic E-state index is 13.7. The number of halogens is 1. The summed E-state index contributed by atoms with van der Waals surface area (Å²) < 4.78 is 28.7. The van der Waals surface area contributed by atoms with Gasteiger partial charge >= 0.3 is 5.97 Å².